The van der Waals surface area contributed by atoms with Crippen molar-refractivity contribution in [2.75, 3.05) is 32.1 Å². The summed E-state index contributed by atoms with van der Waals surface area (Å²) in [5, 5.41) is 0.495. The average Bonchev–Trinajstić information content (AvgIpc) is 2.57. The van der Waals surface area contributed by atoms with Gasteiger partial charge >= 0.3 is 0 Å². The predicted octanol–water partition coefficient (Wildman–Crippen LogP) is 4.26. The fourth-order valence-corrected chi connectivity index (χ4v) is 4.77. The van der Waals surface area contributed by atoms with Crippen LogP contribution in [0.25, 0.3) is 5.70 Å². The smallest absolute Gasteiger partial charge is 0.128 e. The minimum Gasteiger partial charge on any atom is -0.365 e. The lowest BCUT2D eigenvalue weighted by Crippen LogP contribution is -2.56. The van der Waals surface area contributed by atoms with Crippen LogP contribution in [0.1, 0.15) is 30.9 Å². The summed E-state index contributed by atoms with van der Waals surface area (Å²) >= 11 is 6.56. The molecule has 2 unspecified atom stereocenters. The fraction of sp³-hybridized carbons (Fsp3) is 0.500. The third-order valence-electron chi connectivity index (χ3n) is 6.22. The van der Waals surface area contributed by atoms with E-state index in [4.69, 9.17) is 11.6 Å². The van der Waals surface area contributed by atoms with Crippen molar-refractivity contribution in [2.45, 2.75) is 38.8 Å². The van der Waals surface area contributed by atoms with Crippen LogP contribution >= 0.6 is 11.6 Å². The largest absolute Gasteiger partial charge is 0.365 e. The number of rotatable bonds is 0. The summed E-state index contributed by atoms with van der Waals surface area (Å²) in [4.78, 5) is 6.93. The molecule has 3 aliphatic rings. The third kappa shape index (κ3) is 2.34. The van der Waals surface area contributed by atoms with Gasteiger partial charge in [0.2, 0.25) is 0 Å². The molecule has 0 spiro atoms. The Labute approximate surface area is 154 Å². The summed E-state index contributed by atoms with van der Waals surface area (Å²) in [7, 11) is 4.17. The van der Waals surface area contributed by atoms with E-state index in [1.807, 2.05) is 11.9 Å². The van der Waals surface area contributed by atoms with Crippen LogP contribution in [0.2, 0.25) is 5.02 Å². The van der Waals surface area contributed by atoms with Crippen molar-refractivity contribution in [3.63, 3.8) is 0 Å². The number of halogens is 2. The molecule has 3 nitrogen and oxygen atoms in total. The summed E-state index contributed by atoms with van der Waals surface area (Å²) < 4.78 is 14.5. The van der Waals surface area contributed by atoms with Gasteiger partial charge in [0.25, 0.3) is 0 Å². The molecule has 0 bridgehead atoms. The quantitative estimate of drug-likeness (QED) is 0.683. The maximum atomic E-state index is 14.5. The highest BCUT2D eigenvalue weighted by Gasteiger charge is 2.40. The first kappa shape index (κ1) is 16.9. The summed E-state index contributed by atoms with van der Waals surface area (Å²) in [5.74, 6) is -0.235. The van der Waals surface area contributed by atoms with Crippen molar-refractivity contribution in [3.05, 3.63) is 45.9 Å². The monoisotopic (exact) mass is 361 g/mol. The van der Waals surface area contributed by atoms with Gasteiger partial charge in [0, 0.05) is 49.0 Å². The number of hydrogen-bond donors (Lipinski definition) is 0. The summed E-state index contributed by atoms with van der Waals surface area (Å²) in [6, 6.07) is 2.59. The molecule has 0 aliphatic carbocycles. The second-order valence-corrected chi connectivity index (χ2v) is 8.04. The lowest BCUT2D eigenvalue weighted by molar-refractivity contribution is 0.0843. The normalized spacial score (nSPS) is 26.6. The number of nitrogens with zero attached hydrogens (tertiary/aromatic N) is 3. The van der Waals surface area contributed by atoms with Crippen molar-refractivity contribution in [1.29, 1.82) is 0 Å². The topological polar surface area (TPSA) is 9.72 Å². The minimum atomic E-state index is -0.235. The molecule has 134 valence electrons. The average molecular weight is 362 g/mol. The lowest BCUT2D eigenvalue weighted by Gasteiger charge is -2.51. The van der Waals surface area contributed by atoms with Crippen LogP contribution in [0, 0.1) is 12.7 Å². The summed E-state index contributed by atoms with van der Waals surface area (Å²) in [6.45, 7) is 10.3. The van der Waals surface area contributed by atoms with E-state index in [-0.39, 0.29) is 5.82 Å². The summed E-state index contributed by atoms with van der Waals surface area (Å²) in [5.41, 5.74) is 5.68. The van der Waals surface area contributed by atoms with Gasteiger partial charge in [-0.25, -0.2) is 4.39 Å². The zero-order chi connectivity index (χ0) is 18.0. The molecule has 5 heteroatoms. The van der Waals surface area contributed by atoms with Crippen LogP contribution in [-0.4, -0.2) is 49.1 Å². The van der Waals surface area contributed by atoms with Crippen molar-refractivity contribution < 1.29 is 4.39 Å². The van der Waals surface area contributed by atoms with Crippen LogP contribution in [0.5, 0.6) is 0 Å². The first-order valence-electron chi connectivity index (χ1n) is 8.93. The van der Waals surface area contributed by atoms with Gasteiger partial charge in [0.1, 0.15) is 5.82 Å². The fourth-order valence-electron chi connectivity index (χ4n) is 4.46. The van der Waals surface area contributed by atoms with E-state index in [1.54, 1.807) is 13.0 Å². The Morgan fingerprint density at radius 3 is 2.72 bits per heavy atom. The lowest BCUT2D eigenvalue weighted by atomic mass is 9.85. The minimum absolute atomic E-state index is 0.235. The number of benzene rings is 1. The molecule has 0 saturated carbocycles. The van der Waals surface area contributed by atoms with Crippen molar-refractivity contribution in [3.8, 4) is 0 Å². The molecule has 0 radical (unpaired) electrons. The Balaban J connectivity index is 1.93. The van der Waals surface area contributed by atoms with Gasteiger partial charge in [-0.3, -0.25) is 4.90 Å². The van der Waals surface area contributed by atoms with Crippen molar-refractivity contribution >= 4 is 23.0 Å². The van der Waals surface area contributed by atoms with E-state index in [0.717, 1.165) is 48.6 Å². The molecular formula is C20H25ClFN3. The Morgan fingerprint density at radius 2 is 2.00 bits per heavy atom. The standard InChI is InChI=1S/C20H25ClFN3/c1-11-9-25-14(10-23(11)4)6-7-15-13(3)24(5)20-16(19(15)25)8-17(22)12(2)18(20)21/h8,11,14H,3,6-7,9-10H2,1-2,4-5H3. The molecule has 0 amide bonds. The van der Waals surface area contributed by atoms with Crippen LogP contribution in [0.3, 0.4) is 0 Å². The van der Waals surface area contributed by atoms with Gasteiger partial charge < -0.3 is 9.80 Å². The second kappa shape index (κ2) is 5.75. The van der Waals surface area contributed by atoms with Gasteiger partial charge in [0.05, 0.1) is 16.4 Å². The third-order valence-corrected chi connectivity index (χ3v) is 6.68. The predicted molar refractivity (Wildman–Crippen MR) is 102 cm³/mol. The van der Waals surface area contributed by atoms with Gasteiger partial charge in [-0.1, -0.05) is 18.2 Å². The molecule has 4 rings (SSSR count). The zero-order valence-corrected chi connectivity index (χ0v) is 16.1. The Hall–Kier alpha value is -1.52. The number of likely N-dealkylation sites (N-methyl/N-ethyl adjacent to an activating group) is 2. The number of anilines is 1. The number of fused-ring (bicyclic) bond motifs is 4. The molecule has 1 saturated heterocycles. The second-order valence-electron chi connectivity index (χ2n) is 7.66. The molecule has 1 aromatic rings. The first-order valence-corrected chi connectivity index (χ1v) is 9.31. The highest BCUT2D eigenvalue weighted by atomic mass is 35.5. The van der Waals surface area contributed by atoms with Crippen LogP contribution < -0.4 is 4.90 Å². The summed E-state index contributed by atoms with van der Waals surface area (Å²) in [6.07, 6.45) is 2.09. The van der Waals surface area contributed by atoms with E-state index in [9.17, 15) is 4.39 Å². The molecule has 1 fully saturated rings. The molecule has 25 heavy (non-hydrogen) atoms. The Kier molecular flexibility index (Phi) is 3.89. The van der Waals surface area contributed by atoms with Gasteiger partial charge in [-0.05, 0) is 45.4 Å². The Bertz CT molecular complexity index is 801. The van der Waals surface area contributed by atoms with Crippen LogP contribution in [0.4, 0.5) is 10.1 Å². The Morgan fingerprint density at radius 1 is 1.28 bits per heavy atom. The zero-order valence-electron chi connectivity index (χ0n) is 15.4. The number of piperazine rings is 1. The van der Waals surface area contributed by atoms with Crippen LogP contribution in [-0.2, 0) is 0 Å². The number of allylic oxidation sites excluding steroid dienone is 1. The maximum absolute atomic E-state index is 14.5. The molecule has 0 N–H and O–H groups in total. The SMILES string of the molecule is C=C1C2=C(c3cc(F)c(C)c(Cl)c3N1C)N1CC(C)N(C)CC1CC2. The van der Waals surface area contributed by atoms with Crippen molar-refractivity contribution in [1.82, 2.24) is 9.80 Å². The highest BCUT2D eigenvalue weighted by molar-refractivity contribution is 6.34. The molecule has 0 aromatic heterocycles. The molecule has 3 heterocycles. The van der Waals surface area contributed by atoms with Gasteiger partial charge in [-0.2, -0.15) is 0 Å². The molecule has 2 atom stereocenters. The van der Waals surface area contributed by atoms with Crippen LogP contribution in [0.15, 0.2) is 23.9 Å². The van der Waals surface area contributed by atoms with E-state index in [0.29, 0.717) is 22.7 Å². The molecule has 3 aliphatic heterocycles. The number of hydrogen-bond acceptors (Lipinski definition) is 3. The highest BCUT2D eigenvalue weighted by Crippen LogP contribution is 2.50. The first-order chi connectivity index (χ1) is 11.8. The van der Waals surface area contributed by atoms with E-state index >= 15 is 0 Å². The molecular weight excluding hydrogens is 337 g/mol. The van der Waals surface area contributed by atoms with Gasteiger partial charge in [0.15, 0.2) is 0 Å². The van der Waals surface area contributed by atoms with E-state index in [1.165, 1.54) is 5.57 Å². The van der Waals surface area contributed by atoms with Crippen molar-refractivity contribution in [2.24, 2.45) is 0 Å². The maximum Gasteiger partial charge on any atom is 0.128 e. The van der Waals surface area contributed by atoms with E-state index < -0.39 is 0 Å². The van der Waals surface area contributed by atoms with Gasteiger partial charge in [-0.15, -0.1) is 0 Å². The molecule has 1 aromatic carbocycles. The van der Waals surface area contributed by atoms with E-state index in [2.05, 4.69) is 30.4 Å².